The van der Waals surface area contributed by atoms with Crippen LogP contribution in [0.15, 0.2) is 18.2 Å². The molecule has 2 nitrogen and oxygen atoms in total. The zero-order valence-electron chi connectivity index (χ0n) is 11.2. The Morgan fingerprint density at radius 1 is 1.35 bits per heavy atom. The van der Waals surface area contributed by atoms with Crippen LogP contribution in [0.5, 0.6) is 0 Å². The Hall–Kier alpha value is -1.02. The second-order valence-electron chi connectivity index (χ2n) is 5.15. The topological polar surface area (TPSA) is 29.3 Å². The molecule has 1 atom stereocenters. The molecule has 0 saturated carbocycles. The fraction of sp³-hybridized carbons (Fsp3) is 0.600. The maximum absolute atomic E-state index is 5.85. The first-order chi connectivity index (χ1) is 8.17. The van der Waals surface area contributed by atoms with E-state index in [2.05, 4.69) is 37.9 Å². The lowest BCUT2D eigenvalue weighted by Crippen LogP contribution is -2.33. The average molecular weight is 232 g/mol. The molecule has 0 amide bonds. The van der Waals surface area contributed by atoms with E-state index >= 15 is 0 Å². The molecular formula is C15H24N2. The highest BCUT2D eigenvalue weighted by Crippen LogP contribution is 2.37. The van der Waals surface area contributed by atoms with Crippen LogP contribution in [0.1, 0.15) is 50.3 Å². The van der Waals surface area contributed by atoms with E-state index in [4.69, 9.17) is 5.73 Å². The van der Waals surface area contributed by atoms with E-state index < -0.39 is 0 Å². The standard InChI is InChI=1S/C15H24N2/c1-4-13(5-2)17(3)15-9-6-11-10-12(16)7-8-14(11)15/h7-8,10,13,15H,4-6,9,16H2,1-3H3. The lowest BCUT2D eigenvalue weighted by atomic mass is 10.0. The van der Waals surface area contributed by atoms with Crippen LogP contribution in [0.3, 0.4) is 0 Å². The SMILES string of the molecule is CCC(CC)N(C)C1CCc2cc(N)ccc21. The molecule has 2 rings (SSSR count). The quantitative estimate of drug-likeness (QED) is 0.806. The summed E-state index contributed by atoms with van der Waals surface area (Å²) in [5, 5.41) is 0. The van der Waals surface area contributed by atoms with Gasteiger partial charge in [0.1, 0.15) is 0 Å². The number of nitrogens with two attached hydrogens (primary N) is 1. The van der Waals surface area contributed by atoms with Crippen LogP contribution >= 0.6 is 0 Å². The molecule has 94 valence electrons. The first kappa shape index (κ1) is 12.4. The van der Waals surface area contributed by atoms with Crippen LogP contribution in [-0.4, -0.2) is 18.0 Å². The van der Waals surface area contributed by atoms with Gasteiger partial charge in [0.25, 0.3) is 0 Å². The summed E-state index contributed by atoms with van der Waals surface area (Å²) in [5.74, 6) is 0. The predicted octanol–water partition coefficient (Wildman–Crippen LogP) is 3.38. The van der Waals surface area contributed by atoms with Crippen molar-refractivity contribution >= 4 is 5.69 Å². The summed E-state index contributed by atoms with van der Waals surface area (Å²) in [4.78, 5) is 2.56. The minimum Gasteiger partial charge on any atom is -0.399 e. The van der Waals surface area contributed by atoms with Gasteiger partial charge < -0.3 is 5.73 Å². The molecule has 0 spiro atoms. The third-order valence-corrected chi connectivity index (χ3v) is 4.22. The number of hydrogen-bond acceptors (Lipinski definition) is 2. The number of nitrogen functional groups attached to an aromatic ring is 1. The number of nitrogens with zero attached hydrogens (tertiary/aromatic N) is 1. The maximum Gasteiger partial charge on any atom is 0.0353 e. The minimum atomic E-state index is 0.593. The van der Waals surface area contributed by atoms with Gasteiger partial charge >= 0.3 is 0 Å². The molecule has 0 heterocycles. The Bertz CT molecular complexity index is 383. The number of fused-ring (bicyclic) bond motifs is 1. The van der Waals surface area contributed by atoms with Crippen molar-refractivity contribution in [2.24, 2.45) is 0 Å². The summed E-state index contributed by atoms with van der Waals surface area (Å²) in [6.45, 7) is 4.56. The largest absolute Gasteiger partial charge is 0.399 e. The van der Waals surface area contributed by atoms with Gasteiger partial charge in [0.15, 0.2) is 0 Å². The number of anilines is 1. The molecule has 17 heavy (non-hydrogen) atoms. The van der Waals surface area contributed by atoms with Gasteiger partial charge in [-0.05, 0) is 56.0 Å². The first-order valence-electron chi connectivity index (χ1n) is 6.77. The summed E-state index contributed by atoms with van der Waals surface area (Å²) in [6.07, 6.45) is 4.88. The molecule has 0 radical (unpaired) electrons. The zero-order chi connectivity index (χ0) is 12.4. The number of benzene rings is 1. The van der Waals surface area contributed by atoms with Gasteiger partial charge in [-0.3, -0.25) is 4.90 Å². The van der Waals surface area contributed by atoms with Crippen LogP contribution in [0.25, 0.3) is 0 Å². The van der Waals surface area contributed by atoms with E-state index in [-0.39, 0.29) is 0 Å². The fourth-order valence-corrected chi connectivity index (χ4v) is 3.16. The van der Waals surface area contributed by atoms with E-state index in [0.29, 0.717) is 12.1 Å². The van der Waals surface area contributed by atoms with Gasteiger partial charge in [-0.15, -0.1) is 0 Å². The molecule has 1 unspecified atom stereocenters. The first-order valence-corrected chi connectivity index (χ1v) is 6.77. The van der Waals surface area contributed by atoms with Gasteiger partial charge in [0.05, 0.1) is 0 Å². The normalized spacial score (nSPS) is 19.0. The van der Waals surface area contributed by atoms with E-state index in [1.807, 2.05) is 6.07 Å². The minimum absolute atomic E-state index is 0.593. The van der Waals surface area contributed by atoms with E-state index in [0.717, 1.165) is 5.69 Å². The van der Waals surface area contributed by atoms with Crippen molar-refractivity contribution in [1.29, 1.82) is 0 Å². The number of rotatable bonds is 4. The number of hydrogen-bond donors (Lipinski definition) is 1. The van der Waals surface area contributed by atoms with Crippen LogP contribution < -0.4 is 5.73 Å². The molecular weight excluding hydrogens is 208 g/mol. The van der Waals surface area contributed by atoms with Crippen molar-refractivity contribution < 1.29 is 0 Å². The smallest absolute Gasteiger partial charge is 0.0353 e. The highest BCUT2D eigenvalue weighted by molar-refractivity contribution is 5.47. The van der Waals surface area contributed by atoms with Gasteiger partial charge in [-0.25, -0.2) is 0 Å². The molecule has 0 bridgehead atoms. The van der Waals surface area contributed by atoms with Crippen molar-refractivity contribution in [3.05, 3.63) is 29.3 Å². The molecule has 1 aromatic carbocycles. The van der Waals surface area contributed by atoms with Crippen LogP contribution in [0.4, 0.5) is 5.69 Å². The fourth-order valence-electron chi connectivity index (χ4n) is 3.16. The lowest BCUT2D eigenvalue weighted by Gasteiger charge is -2.32. The lowest BCUT2D eigenvalue weighted by molar-refractivity contribution is 0.163. The second-order valence-corrected chi connectivity index (χ2v) is 5.15. The summed E-state index contributed by atoms with van der Waals surface area (Å²) in [7, 11) is 2.27. The highest BCUT2D eigenvalue weighted by Gasteiger charge is 2.28. The van der Waals surface area contributed by atoms with Crippen molar-refractivity contribution in [3.63, 3.8) is 0 Å². The maximum atomic E-state index is 5.85. The zero-order valence-corrected chi connectivity index (χ0v) is 11.2. The van der Waals surface area contributed by atoms with Crippen LogP contribution in [-0.2, 0) is 6.42 Å². The third-order valence-electron chi connectivity index (χ3n) is 4.22. The molecule has 0 fully saturated rings. The van der Waals surface area contributed by atoms with E-state index in [1.165, 1.54) is 36.8 Å². The molecule has 1 aromatic rings. The Kier molecular flexibility index (Phi) is 3.72. The Morgan fingerprint density at radius 2 is 2.06 bits per heavy atom. The molecule has 2 N–H and O–H groups in total. The monoisotopic (exact) mass is 232 g/mol. The van der Waals surface area contributed by atoms with Gasteiger partial charge in [-0.2, -0.15) is 0 Å². The van der Waals surface area contributed by atoms with E-state index in [1.54, 1.807) is 0 Å². The molecule has 0 aliphatic heterocycles. The molecule has 1 aliphatic rings. The predicted molar refractivity (Wildman–Crippen MR) is 74.0 cm³/mol. The third kappa shape index (κ3) is 2.32. The summed E-state index contributed by atoms with van der Waals surface area (Å²) in [5.41, 5.74) is 9.69. The van der Waals surface area contributed by atoms with Gasteiger partial charge in [0.2, 0.25) is 0 Å². The summed E-state index contributed by atoms with van der Waals surface area (Å²) in [6, 6.07) is 7.70. The van der Waals surface area contributed by atoms with Crippen molar-refractivity contribution in [2.75, 3.05) is 12.8 Å². The average Bonchev–Trinajstić information content (AvgIpc) is 2.73. The van der Waals surface area contributed by atoms with Crippen molar-refractivity contribution in [1.82, 2.24) is 4.90 Å². The Morgan fingerprint density at radius 3 is 2.71 bits per heavy atom. The molecule has 1 aliphatic carbocycles. The molecule has 2 heteroatoms. The van der Waals surface area contributed by atoms with Crippen molar-refractivity contribution in [2.45, 2.75) is 51.6 Å². The highest BCUT2D eigenvalue weighted by atomic mass is 15.2. The van der Waals surface area contributed by atoms with Crippen LogP contribution in [0, 0.1) is 0 Å². The number of aryl methyl sites for hydroxylation is 1. The van der Waals surface area contributed by atoms with Gasteiger partial charge in [-0.1, -0.05) is 19.9 Å². The van der Waals surface area contributed by atoms with Crippen LogP contribution in [0.2, 0.25) is 0 Å². The molecule has 0 saturated heterocycles. The van der Waals surface area contributed by atoms with E-state index in [9.17, 15) is 0 Å². The Labute approximate surface area is 105 Å². The van der Waals surface area contributed by atoms with Crippen molar-refractivity contribution in [3.8, 4) is 0 Å². The summed E-state index contributed by atoms with van der Waals surface area (Å²) < 4.78 is 0. The Balaban J connectivity index is 2.21. The summed E-state index contributed by atoms with van der Waals surface area (Å²) >= 11 is 0. The van der Waals surface area contributed by atoms with Gasteiger partial charge in [0, 0.05) is 17.8 Å². The molecule has 0 aromatic heterocycles. The second kappa shape index (κ2) is 5.09.